The summed E-state index contributed by atoms with van der Waals surface area (Å²) in [5, 5.41) is 3.03. The number of benzene rings is 2. The van der Waals surface area contributed by atoms with Gasteiger partial charge in [0.05, 0.1) is 36.8 Å². The Hall–Kier alpha value is -2.05. The predicted octanol–water partition coefficient (Wildman–Crippen LogP) is 3.94. The Morgan fingerprint density at radius 2 is 2.00 bits per heavy atom. The van der Waals surface area contributed by atoms with Gasteiger partial charge in [0, 0.05) is 17.6 Å². The van der Waals surface area contributed by atoms with E-state index in [0.29, 0.717) is 31.1 Å². The second kappa shape index (κ2) is 8.36. The molecule has 1 heterocycles. The third kappa shape index (κ3) is 4.32. The molecule has 0 aromatic heterocycles. The highest BCUT2D eigenvalue weighted by Crippen LogP contribution is 2.31. The van der Waals surface area contributed by atoms with Crippen LogP contribution in [0.15, 0.2) is 46.9 Å². The summed E-state index contributed by atoms with van der Waals surface area (Å²) in [6, 6.07) is 13.2. The summed E-state index contributed by atoms with van der Waals surface area (Å²) in [7, 11) is 0. The van der Waals surface area contributed by atoms with Gasteiger partial charge in [-0.3, -0.25) is 4.79 Å². The number of hydrogen-bond donors (Lipinski definition) is 1. The highest BCUT2D eigenvalue weighted by Gasteiger charge is 2.18. The first-order valence-corrected chi connectivity index (χ1v) is 9.13. The molecule has 2 aromatic rings. The standard InChI is InChI=1S/C19H21BrN2O3/c1-2-25-18-6-4-3-5-15(18)19(23)21-16-13-14(20)7-8-17(16)22-9-11-24-12-10-22/h3-8,13H,2,9-12H2,1H3,(H,21,23). The van der Waals surface area contributed by atoms with Gasteiger partial charge in [0.25, 0.3) is 5.91 Å². The van der Waals surface area contributed by atoms with Crippen LogP contribution in [-0.2, 0) is 4.74 Å². The minimum absolute atomic E-state index is 0.184. The Labute approximate surface area is 156 Å². The van der Waals surface area contributed by atoms with Crippen molar-refractivity contribution in [1.29, 1.82) is 0 Å². The lowest BCUT2D eigenvalue weighted by atomic mass is 10.1. The van der Waals surface area contributed by atoms with E-state index in [1.807, 2.05) is 43.3 Å². The van der Waals surface area contributed by atoms with Gasteiger partial charge in [-0.2, -0.15) is 0 Å². The molecule has 6 heteroatoms. The molecule has 2 aromatic carbocycles. The summed E-state index contributed by atoms with van der Waals surface area (Å²) >= 11 is 3.49. The average molecular weight is 405 g/mol. The summed E-state index contributed by atoms with van der Waals surface area (Å²) in [5.41, 5.74) is 2.29. The molecular weight excluding hydrogens is 384 g/mol. The Bertz CT molecular complexity index is 745. The molecule has 0 spiro atoms. The van der Waals surface area contributed by atoms with Gasteiger partial charge in [-0.05, 0) is 37.3 Å². The van der Waals surface area contributed by atoms with Crippen molar-refractivity contribution in [2.24, 2.45) is 0 Å². The Morgan fingerprint density at radius 3 is 2.76 bits per heavy atom. The Kier molecular flexibility index (Phi) is 5.94. The second-order valence-electron chi connectivity index (χ2n) is 5.64. The van der Waals surface area contributed by atoms with Gasteiger partial charge in [0.2, 0.25) is 0 Å². The number of anilines is 2. The number of nitrogens with one attached hydrogen (secondary N) is 1. The van der Waals surface area contributed by atoms with Crippen LogP contribution in [0.1, 0.15) is 17.3 Å². The third-order valence-corrected chi connectivity index (χ3v) is 4.48. The third-order valence-electron chi connectivity index (χ3n) is 3.99. The van der Waals surface area contributed by atoms with Crippen LogP contribution < -0.4 is 15.0 Å². The summed E-state index contributed by atoms with van der Waals surface area (Å²) in [6.07, 6.45) is 0. The fourth-order valence-electron chi connectivity index (χ4n) is 2.81. The van der Waals surface area contributed by atoms with Crippen molar-refractivity contribution in [3.8, 4) is 5.75 Å². The van der Waals surface area contributed by atoms with Crippen LogP contribution in [0.5, 0.6) is 5.75 Å². The molecule has 1 amide bonds. The smallest absolute Gasteiger partial charge is 0.259 e. The van der Waals surface area contributed by atoms with Crippen LogP contribution >= 0.6 is 15.9 Å². The Morgan fingerprint density at radius 1 is 1.24 bits per heavy atom. The lowest BCUT2D eigenvalue weighted by molar-refractivity contribution is 0.102. The Balaban J connectivity index is 1.87. The number of morpholine rings is 1. The van der Waals surface area contributed by atoms with Crippen molar-refractivity contribution < 1.29 is 14.3 Å². The number of amides is 1. The van der Waals surface area contributed by atoms with Gasteiger partial charge in [0.15, 0.2) is 0 Å². The van der Waals surface area contributed by atoms with Gasteiger partial charge >= 0.3 is 0 Å². The van der Waals surface area contributed by atoms with Crippen LogP contribution in [0.3, 0.4) is 0 Å². The summed E-state index contributed by atoms with van der Waals surface area (Å²) in [4.78, 5) is 15.0. The van der Waals surface area contributed by atoms with Crippen LogP contribution in [-0.4, -0.2) is 38.8 Å². The molecule has 1 saturated heterocycles. The summed E-state index contributed by atoms with van der Waals surface area (Å²) < 4.78 is 11.9. The van der Waals surface area contributed by atoms with E-state index in [-0.39, 0.29) is 5.91 Å². The van der Waals surface area contributed by atoms with E-state index in [1.54, 1.807) is 6.07 Å². The molecule has 1 aliphatic heterocycles. The normalized spacial score (nSPS) is 14.2. The highest BCUT2D eigenvalue weighted by atomic mass is 79.9. The highest BCUT2D eigenvalue weighted by molar-refractivity contribution is 9.10. The molecule has 1 aliphatic rings. The molecule has 0 unspecified atom stereocenters. The minimum atomic E-state index is -0.184. The molecule has 0 aliphatic carbocycles. The van der Waals surface area contributed by atoms with Crippen molar-refractivity contribution in [1.82, 2.24) is 0 Å². The molecule has 0 saturated carbocycles. The lowest BCUT2D eigenvalue weighted by Gasteiger charge is -2.30. The van der Waals surface area contributed by atoms with Crippen LogP contribution in [0, 0.1) is 0 Å². The van der Waals surface area contributed by atoms with E-state index >= 15 is 0 Å². The number of rotatable bonds is 5. The molecule has 3 rings (SSSR count). The average Bonchev–Trinajstić information content (AvgIpc) is 2.63. The number of hydrogen-bond acceptors (Lipinski definition) is 4. The molecule has 1 fully saturated rings. The predicted molar refractivity (Wildman–Crippen MR) is 103 cm³/mol. The zero-order chi connectivity index (χ0) is 17.6. The van der Waals surface area contributed by atoms with E-state index in [2.05, 4.69) is 26.1 Å². The quantitative estimate of drug-likeness (QED) is 0.819. The molecule has 1 N–H and O–H groups in total. The largest absolute Gasteiger partial charge is 0.493 e. The molecule has 0 bridgehead atoms. The maximum atomic E-state index is 12.8. The first kappa shape index (κ1) is 17.8. The second-order valence-corrected chi connectivity index (χ2v) is 6.56. The lowest BCUT2D eigenvalue weighted by Crippen LogP contribution is -2.36. The molecule has 0 atom stereocenters. The molecule has 25 heavy (non-hydrogen) atoms. The molecule has 132 valence electrons. The zero-order valence-corrected chi connectivity index (χ0v) is 15.7. The van der Waals surface area contributed by atoms with Crippen LogP contribution in [0.4, 0.5) is 11.4 Å². The van der Waals surface area contributed by atoms with Crippen molar-refractivity contribution in [3.05, 3.63) is 52.5 Å². The first-order chi connectivity index (χ1) is 12.2. The number of carbonyl (C=O) groups is 1. The van der Waals surface area contributed by atoms with Gasteiger partial charge < -0.3 is 19.7 Å². The fourth-order valence-corrected chi connectivity index (χ4v) is 3.17. The number of para-hydroxylation sites is 1. The van der Waals surface area contributed by atoms with E-state index in [1.165, 1.54) is 0 Å². The zero-order valence-electron chi connectivity index (χ0n) is 14.1. The number of halogens is 1. The number of ether oxygens (including phenoxy) is 2. The maximum Gasteiger partial charge on any atom is 0.259 e. The number of nitrogens with zero attached hydrogens (tertiary/aromatic N) is 1. The SMILES string of the molecule is CCOc1ccccc1C(=O)Nc1cc(Br)ccc1N1CCOCC1. The van der Waals surface area contributed by atoms with Crippen molar-refractivity contribution in [2.45, 2.75) is 6.92 Å². The van der Waals surface area contributed by atoms with Crippen molar-refractivity contribution >= 4 is 33.2 Å². The van der Waals surface area contributed by atoms with Gasteiger partial charge in [-0.1, -0.05) is 28.1 Å². The van der Waals surface area contributed by atoms with E-state index in [9.17, 15) is 4.79 Å². The summed E-state index contributed by atoms with van der Waals surface area (Å²) in [5.74, 6) is 0.405. The van der Waals surface area contributed by atoms with Gasteiger partial charge in [-0.25, -0.2) is 0 Å². The molecule has 0 radical (unpaired) electrons. The van der Waals surface area contributed by atoms with E-state index in [4.69, 9.17) is 9.47 Å². The van der Waals surface area contributed by atoms with Crippen molar-refractivity contribution in [3.63, 3.8) is 0 Å². The van der Waals surface area contributed by atoms with Crippen molar-refractivity contribution in [2.75, 3.05) is 43.1 Å². The van der Waals surface area contributed by atoms with E-state index in [0.717, 1.165) is 28.9 Å². The topological polar surface area (TPSA) is 50.8 Å². The van der Waals surface area contributed by atoms with Crippen LogP contribution in [0.2, 0.25) is 0 Å². The monoisotopic (exact) mass is 404 g/mol. The van der Waals surface area contributed by atoms with Crippen LogP contribution in [0.25, 0.3) is 0 Å². The van der Waals surface area contributed by atoms with Gasteiger partial charge in [0.1, 0.15) is 5.75 Å². The molecular formula is C19H21BrN2O3. The minimum Gasteiger partial charge on any atom is -0.493 e. The maximum absolute atomic E-state index is 12.8. The summed E-state index contributed by atoms with van der Waals surface area (Å²) in [6.45, 7) is 5.41. The number of carbonyl (C=O) groups excluding carboxylic acids is 1. The first-order valence-electron chi connectivity index (χ1n) is 8.34. The molecule has 5 nitrogen and oxygen atoms in total. The fraction of sp³-hybridized carbons (Fsp3) is 0.316. The van der Waals surface area contributed by atoms with E-state index < -0.39 is 0 Å². The van der Waals surface area contributed by atoms with Gasteiger partial charge in [-0.15, -0.1) is 0 Å².